The van der Waals surface area contributed by atoms with Crippen LogP contribution in [-0.4, -0.2) is 49.2 Å². The summed E-state index contributed by atoms with van der Waals surface area (Å²) in [6, 6.07) is 5.23. The van der Waals surface area contributed by atoms with Gasteiger partial charge in [0.25, 0.3) is 0 Å². The lowest BCUT2D eigenvalue weighted by Crippen LogP contribution is -2.34. The van der Waals surface area contributed by atoms with Crippen LogP contribution in [0.5, 0.6) is 0 Å². The Kier molecular flexibility index (Phi) is 5.09. The van der Waals surface area contributed by atoms with Gasteiger partial charge in [-0.05, 0) is 70.3 Å². The van der Waals surface area contributed by atoms with Crippen LogP contribution >= 0.6 is 0 Å². The molecule has 3 heterocycles. The maximum Gasteiger partial charge on any atom is 0.129 e. The van der Waals surface area contributed by atoms with Gasteiger partial charge >= 0.3 is 0 Å². The molecule has 1 fully saturated rings. The Hall–Kier alpha value is -1.13. The maximum absolute atomic E-state index is 4.77. The average molecular weight is 288 g/mol. The molecule has 1 aromatic rings. The molecule has 2 aliphatic heterocycles. The fourth-order valence-corrected chi connectivity index (χ4v) is 3.37. The van der Waals surface area contributed by atoms with Gasteiger partial charge in [0.2, 0.25) is 0 Å². The number of hydrogen-bond acceptors (Lipinski definition) is 4. The number of pyridine rings is 1. The summed E-state index contributed by atoms with van der Waals surface area (Å²) in [5.74, 6) is 1.13. The van der Waals surface area contributed by atoms with E-state index in [-0.39, 0.29) is 0 Å². The molecule has 0 bridgehead atoms. The van der Waals surface area contributed by atoms with Crippen LogP contribution in [0.4, 0.5) is 5.82 Å². The molecule has 3 rings (SSSR count). The fourth-order valence-electron chi connectivity index (χ4n) is 3.37. The van der Waals surface area contributed by atoms with E-state index in [2.05, 4.69) is 34.7 Å². The van der Waals surface area contributed by atoms with E-state index in [0.29, 0.717) is 0 Å². The van der Waals surface area contributed by atoms with E-state index >= 15 is 0 Å². The van der Waals surface area contributed by atoms with Gasteiger partial charge < -0.3 is 15.5 Å². The first-order chi connectivity index (χ1) is 10.3. The lowest BCUT2D eigenvalue weighted by atomic mass is 10.1. The number of fused-ring (bicyclic) bond motifs is 1. The lowest BCUT2D eigenvalue weighted by molar-refractivity contribution is 0.252. The monoisotopic (exact) mass is 288 g/mol. The van der Waals surface area contributed by atoms with Crippen LogP contribution in [0.15, 0.2) is 12.1 Å². The second-order valence-electron chi connectivity index (χ2n) is 6.42. The van der Waals surface area contributed by atoms with E-state index in [1.165, 1.54) is 56.5 Å². The molecule has 21 heavy (non-hydrogen) atoms. The highest BCUT2D eigenvalue weighted by Crippen LogP contribution is 2.20. The Morgan fingerprint density at radius 2 is 2.24 bits per heavy atom. The Labute approximate surface area is 128 Å². The summed E-state index contributed by atoms with van der Waals surface area (Å²) in [7, 11) is 2.26. The topological polar surface area (TPSA) is 40.2 Å². The van der Waals surface area contributed by atoms with Crippen molar-refractivity contribution in [1.82, 2.24) is 15.2 Å². The first kappa shape index (κ1) is 14.8. The van der Waals surface area contributed by atoms with Gasteiger partial charge in [0.1, 0.15) is 5.82 Å². The fraction of sp³-hybridized carbons (Fsp3) is 0.706. The number of nitrogens with one attached hydrogen (secondary N) is 2. The van der Waals surface area contributed by atoms with Gasteiger partial charge in [-0.1, -0.05) is 6.07 Å². The molecule has 0 unspecified atom stereocenters. The molecule has 1 atom stereocenters. The molecular formula is C17H28N4. The van der Waals surface area contributed by atoms with Crippen molar-refractivity contribution >= 4 is 5.82 Å². The van der Waals surface area contributed by atoms with Crippen LogP contribution in [0.1, 0.15) is 36.9 Å². The van der Waals surface area contributed by atoms with Gasteiger partial charge in [-0.25, -0.2) is 4.98 Å². The van der Waals surface area contributed by atoms with Crippen LogP contribution in [0.25, 0.3) is 0 Å². The zero-order chi connectivity index (χ0) is 14.5. The second-order valence-corrected chi connectivity index (χ2v) is 6.42. The molecule has 0 saturated carbocycles. The first-order valence-electron chi connectivity index (χ1n) is 8.46. The summed E-state index contributed by atoms with van der Waals surface area (Å²) in [5, 5.41) is 6.86. The predicted molar refractivity (Wildman–Crippen MR) is 87.9 cm³/mol. The molecule has 0 spiro atoms. The van der Waals surface area contributed by atoms with Crippen molar-refractivity contribution < 1.29 is 0 Å². The van der Waals surface area contributed by atoms with Crippen LogP contribution in [0.3, 0.4) is 0 Å². The number of anilines is 1. The first-order valence-corrected chi connectivity index (χ1v) is 8.46. The van der Waals surface area contributed by atoms with Crippen LogP contribution < -0.4 is 10.6 Å². The van der Waals surface area contributed by atoms with Crippen molar-refractivity contribution in [2.45, 2.75) is 44.6 Å². The molecule has 0 aromatic carbocycles. The normalized spacial score (nSPS) is 21.3. The van der Waals surface area contributed by atoms with E-state index in [1.54, 1.807) is 0 Å². The Morgan fingerprint density at radius 3 is 3.10 bits per heavy atom. The zero-order valence-electron chi connectivity index (χ0n) is 13.2. The Balaban J connectivity index is 1.41. The molecule has 4 heteroatoms. The number of hydrogen-bond donors (Lipinski definition) is 2. The third kappa shape index (κ3) is 3.95. The molecule has 0 aliphatic carbocycles. The van der Waals surface area contributed by atoms with Crippen LogP contribution in [0, 0.1) is 0 Å². The van der Waals surface area contributed by atoms with Gasteiger partial charge in [0.05, 0.1) is 0 Å². The standard InChI is InChI=1S/C17H28N4/c1-21(16-9-11-18-13-16)12-3-2-6-15-8-7-14-5-4-10-19-17(14)20-15/h7-8,16,18H,2-6,9-13H2,1H3,(H,19,20)/t16-/m1/s1. The second kappa shape index (κ2) is 7.23. The molecule has 2 N–H and O–H groups in total. The van der Waals surface area contributed by atoms with Crippen molar-refractivity contribution in [3.63, 3.8) is 0 Å². The van der Waals surface area contributed by atoms with E-state index in [4.69, 9.17) is 4.98 Å². The van der Waals surface area contributed by atoms with Crippen molar-refractivity contribution in [3.8, 4) is 0 Å². The molecule has 0 amide bonds. The van der Waals surface area contributed by atoms with E-state index in [0.717, 1.165) is 31.4 Å². The Bertz CT molecular complexity index is 454. The minimum Gasteiger partial charge on any atom is -0.370 e. The van der Waals surface area contributed by atoms with E-state index in [1.807, 2.05) is 0 Å². The summed E-state index contributed by atoms with van der Waals surface area (Å²) >= 11 is 0. The number of aromatic nitrogens is 1. The number of likely N-dealkylation sites (N-methyl/N-ethyl adjacent to an activating group) is 1. The highest BCUT2D eigenvalue weighted by Gasteiger charge is 2.18. The highest BCUT2D eigenvalue weighted by molar-refractivity contribution is 5.46. The summed E-state index contributed by atoms with van der Waals surface area (Å²) < 4.78 is 0. The van der Waals surface area contributed by atoms with Crippen molar-refractivity contribution in [3.05, 3.63) is 23.4 Å². The number of aryl methyl sites for hydroxylation is 2. The van der Waals surface area contributed by atoms with Gasteiger partial charge in [-0.15, -0.1) is 0 Å². The SMILES string of the molecule is CN(CCCCc1ccc2c(n1)NCCC2)[C@@H]1CCNC1. The quantitative estimate of drug-likeness (QED) is 0.786. The minimum atomic E-state index is 0.746. The number of unbranched alkanes of at least 4 members (excludes halogenated alkanes) is 1. The van der Waals surface area contributed by atoms with Crippen molar-refractivity contribution in [2.75, 3.05) is 38.5 Å². The largest absolute Gasteiger partial charge is 0.370 e. The molecule has 1 aromatic heterocycles. The van der Waals surface area contributed by atoms with Crippen LogP contribution in [-0.2, 0) is 12.8 Å². The molecule has 4 nitrogen and oxygen atoms in total. The van der Waals surface area contributed by atoms with Crippen molar-refractivity contribution in [2.24, 2.45) is 0 Å². The third-order valence-electron chi connectivity index (χ3n) is 4.80. The Morgan fingerprint density at radius 1 is 1.29 bits per heavy atom. The molecule has 2 aliphatic rings. The van der Waals surface area contributed by atoms with Gasteiger partial charge in [-0.3, -0.25) is 0 Å². The smallest absolute Gasteiger partial charge is 0.129 e. The summed E-state index contributed by atoms with van der Waals surface area (Å²) in [4.78, 5) is 7.29. The van der Waals surface area contributed by atoms with Gasteiger partial charge in [0.15, 0.2) is 0 Å². The predicted octanol–water partition coefficient (Wildman–Crippen LogP) is 2.06. The van der Waals surface area contributed by atoms with E-state index in [9.17, 15) is 0 Å². The van der Waals surface area contributed by atoms with Crippen molar-refractivity contribution in [1.29, 1.82) is 0 Å². The van der Waals surface area contributed by atoms with Gasteiger partial charge in [-0.2, -0.15) is 0 Å². The number of nitrogens with zero attached hydrogens (tertiary/aromatic N) is 2. The van der Waals surface area contributed by atoms with Gasteiger partial charge in [0, 0.05) is 24.8 Å². The molecular weight excluding hydrogens is 260 g/mol. The lowest BCUT2D eigenvalue weighted by Gasteiger charge is -2.23. The zero-order valence-corrected chi connectivity index (χ0v) is 13.2. The molecule has 116 valence electrons. The summed E-state index contributed by atoms with van der Waals surface area (Å²) in [6.07, 6.45) is 7.31. The third-order valence-corrected chi connectivity index (χ3v) is 4.80. The van der Waals surface area contributed by atoms with E-state index < -0.39 is 0 Å². The van der Waals surface area contributed by atoms with Crippen LogP contribution in [0.2, 0.25) is 0 Å². The maximum atomic E-state index is 4.77. The summed E-state index contributed by atoms with van der Waals surface area (Å²) in [5.41, 5.74) is 2.63. The number of rotatable bonds is 6. The molecule has 1 saturated heterocycles. The minimum absolute atomic E-state index is 0.746. The summed E-state index contributed by atoms with van der Waals surface area (Å²) in [6.45, 7) is 4.62. The molecule has 0 radical (unpaired) electrons. The highest BCUT2D eigenvalue weighted by atomic mass is 15.2. The average Bonchev–Trinajstić information content (AvgIpc) is 3.06.